The van der Waals surface area contributed by atoms with Gasteiger partial charge in [-0.3, -0.25) is 0 Å². The van der Waals surface area contributed by atoms with E-state index in [9.17, 15) is 0 Å². The molecule has 1 aromatic rings. The Kier molecular flexibility index (Phi) is 5.19. The lowest BCUT2D eigenvalue weighted by molar-refractivity contribution is 0.509. The van der Waals surface area contributed by atoms with Gasteiger partial charge in [0.05, 0.1) is 0 Å². The van der Waals surface area contributed by atoms with Crippen LogP contribution in [0.4, 0.5) is 11.6 Å². The summed E-state index contributed by atoms with van der Waals surface area (Å²) in [5.74, 6) is 2.08. The number of nitrogens with zero attached hydrogens (tertiary/aromatic N) is 2. The van der Waals surface area contributed by atoms with Crippen LogP contribution < -0.4 is 11.1 Å². The number of nitrogens with one attached hydrogen (secondary N) is 1. The van der Waals surface area contributed by atoms with E-state index in [4.69, 9.17) is 5.73 Å². The van der Waals surface area contributed by atoms with Gasteiger partial charge in [0.1, 0.15) is 18.0 Å². The molecule has 1 aromatic heterocycles. The molecule has 0 aliphatic carbocycles. The maximum absolute atomic E-state index is 5.91. The second-order valence-corrected chi connectivity index (χ2v) is 4.74. The summed E-state index contributed by atoms with van der Waals surface area (Å²) in [7, 11) is 0. The van der Waals surface area contributed by atoms with Gasteiger partial charge in [-0.15, -0.1) is 0 Å². The van der Waals surface area contributed by atoms with E-state index in [2.05, 4.69) is 43.0 Å². The highest BCUT2D eigenvalue weighted by atomic mass is 15.1. The van der Waals surface area contributed by atoms with Gasteiger partial charge in [0.2, 0.25) is 0 Å². The minimum atomic E-state index is 0.430. The molecule has 0 amide bonds. The Morgan fingerprint density at radius 1 is 1.29 bits per heavy atom. The second kappa shape index (κ2) is 6.42. The zero-order chi connectivity index (χ0) is 12.8. The number of anilines is 2. The molecule has 96 valence electrons. The smallest absolute Gasteiger partial charge is 0.134 e. The SMILES string of the molecule is CCCc1c(N)ncnc1NC(CC)C(C)C. The second-order valence-electron chi connectivity index (χ2n) is 4.74. The third-order valence-corrected chi connectivity index (χ3v) is 3.05. The Labute approximate surface area is 104 Å². The van der Waals surface area contributed by atoms with Crippen LogP contribution in [0.5, 0.6) is 0 Å². The van der Waals surface area contributed by atoms with Crippen molar-refractivity contribution in [3.63, 3.8) is 0 Å². The molecule has 0 bridgehead atoms. The molecule has 0 radical (unpaired) electrons. The maximum atomic E-state index is 5.91. The zero-order valence-corrected chi connectivity index (χ0v) is 11.3. The molecule has 4 heteroatoms. The van der Waals surface area contributed by atoms with E-state index in [1.807, 2.05) is 0 Å². The van der Waals surface area contributed by atoms with E-state index in [1.165, 1.54) is 6.33 Å². The molecule has 0 saturated heterocycles. The molecule has 0 spiro atoms. The minimum Gasteiger partial charge on any atom is -0.383 e. The van der Waals surface area contributed by atoms with Crippen molar-refractivity contribution in [3.8, 4) is 0 Å². The van der Waals surface area contributed by atoms with Gasteiger partial charge in [-0.25, -0.2) is 9.97 Å². The Morgan fingerprint density at radius 3 is 2.53 bits per heavy atom. The van der Waals surface area contributed by atoms with Gasteiger partial charge in [-0.2, -0.15) is 0 Å². The van der Waals surface area contributed by atoms with Crippen molar-refractivity contribution in [3.05, 3.63) is 11.9 Å². The van der Waals surface area contributed by atoms with Gasteiger partial charge < -0.3 is 11.1 Å². The number of rotatable bonds is 6. The fourth-order valence-electron chi connectivity index (χ4n) is 1.96. The molecule has 17 heavy (non-hydrogen) atoms. The van der Waals surface area contributed by atoms with E-state index < -0.39 is 0 Å². The summed E-state index contributed by atoms with van der Waals surface area (Å²) in [4.78, 5) is 8.39. The van der Waals surface area contributed by atoms with Crippen LogP contribution in [0, 0.1) is 5.92 Å². The van der Waals surface area contributed by atoms with Gasteiger partial charge in [-0.1, -0.05) is 34.1 Å². The van der Waals surface area contributed by atoms with Gasteiger partial charge >= 0.3 is 0 Å². The Bertz CT molecular complexity index is 349. The fourth-order valence-corrected chi connectivity index (χ4v) is 1.96. The summed E-state index contributed by atoms with van der Waals surface area (Å²) in [6.45, 7) is 8.74. The lowest BCUT2D eigenvalue weighted by atomic mass is 10.0. The summed E-state index contributed by atoms with van der Waals surface area (Å²) >= 11 is 0. The van der Waals surface area contributed by atoms with Crippen molar-refractivity contribution >= 4 is 11.6 Å². The van der Waals surface area contributed by atoms with Crippen LogP contribution in [0.2, 0.25) is 0 Å². The van der Waals surface area contributed by atoms with E-state index in [0.717, 1.165) is 30.6 Å². The number of hydrogen-bond donors (Lipinski definition) is 2. The summed E-state index contributed by atoms with van der Waals surface area (Å²) < 4.78 is 0. The lowest BCUT2D eigenvalue weighted by Crippen LogP contribution is -2.26. The van der Waals surface area contributed by atoms with Gasteiger partial charge in [0, 0.05) is 11.6 Å². The summed E-state index contributed by atoms with van der Waals surface area (Å²) in [6, 6.07) is 0.430. The highest BCUT2D eigenvalue weighted by Crippen LogP contribution is 2.22. The molecular formula is C13H24N4. The first-order valence-corrected chi connectivity index (χ1v) is 6.46. The average molecular weight is 236 g/mol. The Morgan fingerprint density at radius 2 is 2.00 bits per heavy atom. The molecule has 1 atom stereocenters. The van der Waals surface area contributed by atoms with E-state index in [0.29, 0.717) is 17.8 Å². The molecule has 1 unspecified atom stereocenters. The van der Waals surface area contributed by atoms with E-state index in [1.54, 1.807) is 0 Å². The Balaban J connectivity index is 2.92. The van der Waals surface area contributed by atoms with Crippen molar-refractivity contribution in [2.75, 3.05) is 11.1 Å². The topological polar surface area (TPSA) is 63.8 Å². The standard InChI is InChI=1S/C13H24N4/c1-5-7-10-12(14)15-8-16-13(10)17-11(6-2)9(3)4/h8-9,11H,5-7H2,1-4H3,(H3,14,15,16,17). The third-order valence-electron chi connectivity index (χ3n) is 3.05. The van der Waals surface area contributed by atoms with E-state index in [-0.39, 0.29) is 0 Å². The molecule has 0 saturated carbocycles. The van der Waals surface area contributed by atoms with Crippen LogP contribution in [0.1, 0.15) is 46.1 Å². The number of aromatic nitrogens is 2. The molecular weight excluding hydrogens is 212 g/mol. The lowest BCUT2D eigenvalue weighted by Gasteiger charge is -2.23. The van der Waals surface area contributed by atoms with Crippen LogP contribution in [0.15, 0.2) is 6.33 Å². The van der Waals surface area contributed by atoms with Crippen LogP contribution in [0.3, 0.4) is 0 Å². The predicted octanol–water partition coefficient (Wildman–Crippen LogP) is 2.86. The third kappa shape index (κ3) is 3.58. The van der Waals surface area contributed by atoms with Gasteiger partial charge in [0.15, 0.2) is 0 Å². The summed E-state index contributed by atoms with van der Waals surface area (Å²) in [6.07, 6.45) is 4.57. The van der Waals surface area contributed by atoms with Gasteiger partial charge in [-0.05, 0) is 18.8 Å². The van der Waals surface area contributed by atoms with Crippen molar-refractivity contribution in [1.29, 1.82) is 0 Å². The van der Waals surface area contributed by atoms with Crippen LogP contribution >= 0.6 is 0 Å². The largest absolute Gasteiger partial charge is 0.383 e. The summed E-state index contributed by atoms with van der Waals surface area (Å²) in [5.41, 5.74) is 6.96. The zero-order valence-electron chi connectivity index (χ0n) is 11.3. The molecule has 0 fully saturated rings. The molecule has 1 heterocycles. The van der Waals surface area contributed by atoms with Gasteiger partial charge in [0.25, 0.3) is 0 Å². The molecule has 0 aliphatic rings. The molecule has 0 aliphatic heterocycles. The highest BCUT2D eigenvalue weighted by molar-refractivity contribution is 5.55. The van der Waals surface area contributed by atoms with Crippen LogP contribution in [0.25, 0.3) is 0 Å². The Hall–Kier alpha value is -1.32. The maximum Gasteiger partial charge on any atom is 0.134 e. The monoisotopic (exact) mass is 236 g/mol. The van der Waals surface area contributed by atoms with Crippen molar-refractivity contribution in [2.24, 2.45) is 5.92 Å². The van der Waals surface area contributed by atoms with Crippen LogP contribution in [-0.2, 0) is 6.42 Å². The quantitative estimate of drug-likeness (QED) is 0.797. The van der Waals surface area contributed by atoms with E-state index >= 15 is 0 Å². The average Bonchev–Trinajstić information content (AvgIpc) is 2.29. The molecule has 3 N–H and O–H groups in total. The van der Waals surface area contributed by atoms with Crippen molar-refractivity contribution < 1.29 is 0 Å². The first-order valence-electron chi connectivity index (χ1n) is 6.46. The minimum absolute atomic E-state index is 0.430. The summed E-state index contributed by atoms with van der Waals surface area (Å²) in [5, 5.41) is 3.49. The van der Waals surface area contributed by atoms with Crippen molar-refractivity contribution in [2.45, 2.75) is 53.0 Å². The number of nitrogen functional groups attached to an aromatic ring is 1. The molecule has 4 nitrogen and oxygen atoms in total. The number of nitrogens with two attached hydrogens (primary N) is 1. The van der Waals surface area contributed by atoms with Crippen LogP contribution in [-0.4, -0.2) is 16.0 Å². The first-order chi connectivity index (χ1) is 8.10. The molecule has 0 aromatic carbocycles. The van der Waals surface area contributed by atoms with Crippen molar-refractivity contribution in [1.82, 2.24) is 9.97 Å². The highest BCUT2D eigenvalue weighted by Gasteiger charge is 2.15. The molecule has 1 rings (SSSR count). The fraction of sp³-hybridized carbons (Fsp3) is 0.692. The first kappa shape index (κ1) is 13.7. The number of hydrogen-bond acceptors (Lipinski definition) is 4. The normalized spacial score (nSPS) is 12.8. The predicted molar refractivity (Wildman–Crippen MR) is 73.0 cm³/mol.